The molecule has 0 aliphatic carbocycles. The van der Waals surface area contributed by atoms with Crippen LogP contribution in [0, 0.1) is 10.8 Å². The Hall–Kier alpha value is -0.500. The molecular formula is C21H44NO7P. The van der Waals surface area contributed by atoms with E-state index in [2.05, 4.69) is 20.8 Å². The maximum absolute atomic E-state index is 13.0. The van der Waals surface area contributed by atoms with Gasteiger partial charge in [0.05, 0.1) is 24.2 Å². The summed E-state index contributed by atoms with van der Waals surface area (Å²) in [6, 6.07) is 0. The van der Waals surface area contributed by atoms with Gasteiger partial charge in [0.15, 0.2) is 0 Å². The maximum Gasteiger partial charge on any atom is 0.475 e. The van der Waals surface area contributed by atoms with Crippen molar-refractivity contribution < 1.29 is 32.4 Å². The lowest BCUT2D eigenvalue weighted by Crippen LogP contribution is -2.41. The van der Waals surface area contributed by atoms with Gasteiger partial charge in [-0.1, -0.05) is 20.8 Å². The van der Waals surface area contributed by atoms with Crippen LogP contribution in [-0.4, -0.2) is 50.6 Å². The molecule has 0 saturated carbocycles. The summed E-state index contributed by atoms with van der Waals surface area (Å²) in [5, 5.41) is 0. The fourth-order valence-corrected chi connectivity index (χ4v) is 4.99. The average Bonchev–Trinajstić information content (AvgIpc) is 2.47. The molecule has 0 aliphatic rings. The number of hydrogen-bond acceptors (Lipinski definition) is 8. The lowest BCUT2D eigenvalue weighted by molar-refractivity contribution is -0.166. The number of rotatable bonds is 13. The molecule has 8 nitrogen and oxygen atoms in total. The Labute approximate surface area is 183 Å². The fourth-order valence-electron chi connectivity index (χ4n) is 3.73. The first-order valence-electron chi connectivity index (χ1n) is 10.2. The number of carbonyl (C=O) groups is 1. The van der Waals surface area contributed by atoms with Crippen LogP contribution in [0.15, 0.2) is 0 Å². The predicted molar refractivity (Wildman–Crippen MR) is 118 cm³/mol. The molecule has 0 heterocycles. The minimum absolute atomic E-state index is 0.0439. The van der Waals surface area contributed by atoms with Crippen molar-refractivity contribution in [2.45, 2.75) is 92.4 Å². The standard InChI is InChI=1S/C21H44NO7P/c1-18(2,3)14-19(4,5)17(23)28-16(12-25-10)13-27-30(24,26-11)29-21(8,9)15-20(6,7)22/h16H,12-15,22H2,1-11H3. The highest BCUT2D eigenvalue weighted by atomic mass is 31.2. The molecule has 0 aliphatic heterocycles. The van der Waals surface area contributed by atoms with Crippen molar-refractivity contribution in [2.75, 3.05) is 27.4 Å². The molecule has 180 valence electrons. The van der Waals surface area contributed by atoms with E-state index in [1.807, 2.05) is 27.7 Å². The molecular weight excluding hydrogens is 409 g/mol. The van der Waals surface area contributed by atoms with Gasteiger partial charge < -0.3 is 15.2 Å². The average molecular weight is 454 g/mol. The Kier molecular flexibility index (Phi) is 10.7. The molecule has 0 aromatic carbocycles. The fraction of sp³-hybridized carbons (Fsp3) is 0.952. The molecule has 2 N–H and O–H groups in total. The second kappa shape index (κ2) is 10.9. The van der Waals surface area contributed by atoms with Crippen LogP contribution in [0.5, 0.6) is 0 Å². The number of ether oxygens (including phenoxy) is 2. The molecule has 0 bridgehead atoms. The Morgan fingerprint density at radius 1 is 0.933 bits per heavy atom. The van der Waals surface area contributed by atoms with Crippen LogP contribution >= 0.6 is 7.82 Å². The quantitative estimate of drug-likeness (QED) is 0.316. The maximum atomic E-state index is 13.0. The summed E-state index contributed by atoms with van der Waals surface area (Å²) in [6.45, 7) is 17.0. The molecule has 0 saturated heterocycles. The van der Waals surface area contributed by atoms with Crippen LogP contribution in [0.4, 0.5) is 0 Å². The molecule has 9 heteroatoms. The number of hydrogen-bond donors (Lipinski definition) is 1. The largest absolute Gasteiger partial charge is 0.475 e. The van der Waals surface area contributed by atoms with Gasteiger partial charge in [-0.3, -0.25) is 18.4 Å². The first-order valence-corrected chi connectivity index (χ1v) is 11.7. The second-order valence-electron chi connectivity index (χ2n) is 11.0. The molecule has 2 unspecified atom stereocenters. The monoisotopic (exact) mass is 453 g/mol. The highest BCUT2D eigenvalue weighted by molar-refractivity contribution is 7.48. The predicted octanol–water partition coefficient (Wildman–Crippen LogP) is 4.70. The summed E-state index contributed by atoms with van der Waals surface area (Å²) in [5.74, 6) is -0.374. The lowest BCUT2D eigenvalue weighted by Gasteiger charge is -2.34. The number of carbonyl (C=O) groups excluding carboxylic acids is 1. The topological polar surface area (TPSA) is 106 Å². The summed E-state index contributed by atoms with van der Waals surface area (Å²) in [7, 11) is -1.18. The van der Waals surface area contributed by atoms with Crippen molar-refractivity contribution in [3.05, 3.63) is 0 Å². The minimum Gasteiger partial charge on any atom is -0.457 e. The van der Waals surface area contributed by atoms with Gasteiger partial charge in [-0.15, -0.1) is 0 Å². The van der Waals surface area contributed by atoms with Gasteiger partial charge in [0.25, 0.3) is 0 Å². The second-order valence-corrected chi connectivity index (χ2v) is 12.7. The number of methoxy groups -OCH3 is 1. The van der Waals surface area contributed by atoms with Crippen LogP contribution in [0.1, 0.15) is 75.2 Å². The van der Waals surface area contributed by atoms with Gasteiger partial charge in [0.1, 0.15) is 6.10 Å². The van der Waals surface area contributed by atoms with Crippen molar-refractivity contribution >= 4 is 13.8 Å². The van der Waals surface area contributed by atoms with E-state index >= 15 is 0 Å². The molecule has 0 amide bonds. The van der Waals surface area contributed by atoms with E-state index in [0.29, 0.717) is 12.8 Å². The zero-order valence-electron chi connectivity index (χ0n) is 20.8. The number of esters is 1. The third kappa shape index (κ3) is 12.4. The SMILES string of the molecule is COCC(COP(=O)(OC)OC(C)(C)CC(C)(C)N)OC(=O)C(C)(C)CC(C)(C)C. The van der Waals surface area contributed by atoms with Gasteiger partial charge in [0, 0.05) is 19.8 Å². The van der Waals surface area contributed by atoms with Gasteiger partial charge >= 0.3 is 13.8 Å². The van der Waals surface area contributed by atoms with Crippen LogP contribution in [0.3, 0.4) is 0 Å². The minimum atomic E-state index is -3.91. The Morgan fingerprint density at radius 3 is 1.87 bits per heavy atom. The molecule has 2 atom stereocenters. The summed E-state index contributed by atoms with van der Waals surface area (Å²) < 4.78 is 39.9. The number of phosphoric ester groups is 1. The molecule has 0 aromatic rings. The van der Waals surface area contributed by atoms with Crippen LogP contribution in [-0.2, 0) is 32.4 Å². The highest BCUT2D eigenvalue weighted by Gasteiger charge is 2.39. The normalized spacial score (nSPS) is 16.8. The van der Waals surface area contributed by atoms with Crippen LogP contribution in [0.2, 0.25) is 0 Å². The van der Waals surface area contributed by atoms with Crippen molar-refractivity contribution in [2.24, 2.45) is 16.6 Å². The van der Waals surface area contributed by atoms with E-state index in [1.54, 1.807) is 13.8 Å². The molecule has 0 fully saturated rings. The molecule has 0 spiro atoms. The number of nitrogens with two attached hydrogens (primary N) is 1. The Bertz CT molecular complexity index is 591. The van der Waals surface area contributed by atoms with E-state index in [4.69, 9.17) is 28.8 Å². The summed E-state index contributed by atoms with van der Waals surface area (Å²) in [6.07, 6.45) is 0.305. The third-order valence-corrected chi connectivity index (χ3v) is 5.66. The van der Waals surface area contributed by atoms with Gasteiger partial charge in [-0.25, -0.2) is 4.57 Å². The van der Waals surface area contributed by atoms with Crippen molar-refractivity contribution in [1.82, 2.24) is 0 Å². The van der Waals surface area contributed by atoms with Crippen molar-refractivity contribution in [1.29, 1.82) is 0 Å². The van der Waals surface area contributed by atoms with E-state index in [0.717, 1.165) is 0 Å². The lowest BCUT2D eigenvalue weighted by atomic mass is 9.76. The summed E-state index contributed by atoms with van der Waals surface area (Å²) in [5.41, 5.74) is 3.93. The Morgan fingerprint density at radius 2 is 1.47 bits per heavy atom. The first-order chi connectivity index (χ1) is 13.2. The zero-order chi connectivity index (χ0) is 24.0. The van der Waals surface area contributed by atoms with Crippen molar-refractivity contribution in [3.63, 3.8) is 0 Å². The molecule has 0 rings (SSSR count). The first kappa shape index (κ1) is 29.5. The van der Waals surface area contributed by atoms with Gasteiger partial charge in [-0.05, 0) is 59.8 Å². The van der Waals surface area contributed by atoms with Gasteiger partial charge in [0.2, 0.25) is 0 Å². The molecule has 0 aromatic heterocycles. The van der Waals surface area contributed by atoms with E-state index in [9.17, 15) is 9.36 Å². The number of phosphoric acid groups is 1. The zero-order valence-corrected chi connectivity index (χ0v) is 21.7. The third-order valence-electron chi connectivity index (χ3n) is 4.03. The molecule has 30 heavy (non-hydrogen) atoms. The summed E-state index contributed by atoms with van der Waals surface area (Å²) >= 11 is 0. The van der Waals surface area contributed by atoms with Crippen molar-refractivity contribution in [3.8, 4) is 0 Å². The Balaban J connectivity index is 5.17. The van der Waals surface area contributed by atoms with E-state index < -0.39 is 30.5 Å². The van der Waals surface area contributed by atoms with E-state index in [-0.39, 0.29) is 24.6 Å². The van der Waals surface area contributed by atoms with Crippen LogP contribution < -0.4 is 5.73 Å². The van der Waals surface area contributed by atoms with Gasteiger partial charge in [-0.2, -0.15) is 0 Å². The summed E-state index contributed by atoms with van der Waals surface area (Å²) in [4.78, 5) is 12.7. The smallest absolute Gasteiger partial charge is 0.457 e. The van der Waals surface area contributed by atoms with E-state index in [1.165, 1.54) is 14.2 Å². The molecule has 0 radical (unpaired) electrons. The van der Waals surface area contributed by atoms with Crippen LogP contribution in [0.25, 0.3) is 0 Å². The highest BCUT2D eigenvalue weighted by Crippen LogP contribution is 2.53.